The first kappa shape index (κ1) is 16.2. The van der Waals surface area contributed by atoms with E-state index in [0.717, 1.165) is 5.56 Å². The van der Waals surface area contributed by atoms with Gasteiger partial charge in [-0.2, -0.15) is 13.5 Å². The summed E-state index contributed by atoms with van der Waals surface area (Å²) < 4.78 is 24.3. The van der Waals surface area contributed by atoms with E-state index in [1.54, 1.807) is 36.7 Å². The van der Waals surface area contributed by atoms with Gasteiger partial charge in [-0.15, -0.1) is 0 Å². The number of sulfonamides is 1. The second kappa shape index (κ2) is 6.27. The second-order valence-corrected chi connectivity index (χ2v) is 7.57. The van der Waals surface area contributed by atoms with Gasteiger partial charge in [0, 0.05) is 18.0 Å². The maximum Gasteiger partial charge on any atom is 0.276 e. The molecule has 0 bridgehead atoms. The molecular formula is C16H19N3O2S. The molecule has 0 radical (unpaired) electrons. The first-order chi connectivity index (χ1) is 10.3. The van der Waals surface area contributed by atoms with E-state index in [1.807, 2.05) is 12.1 Å². The monoisotopic (exact) mass is 317 g/mol. The van der Waals surface area contributed by atoms with E-state index in [1.165, 1.54) is 6.21 Å². The molecule has 0 saturated carbocycles. The summed E-state index contributed by atoms with van der Waals surface area (Å²) >= 11 is 0. The Balaban J connectivity index is 2.12. The van der Waals surface area contributed by atoms with Crippen LogP contribution in [-0.4, -0.2) is 19.6 Å². The molecule has 0 spiro atoms. The molecule has 1 aromatic carbocycles. The largest absolute Gasteiger partial charge is 0.276 e. The number of pyridine rings is 1. The molecule has 2 aromatic rings. The molecule has 2 rings (SSSR count). The number of aromatic nitrogens is 1. The van der Waals surface area contributed by atoms with Gasteiger partial charge in [-0.1, -0.05) is 39.0 Å². The number of hydrogen-bond acceptors (Lipinski definition) is 4. The summed E-state index contributed by atoms with van der Waals surface area (Å²) in [5, 5.41) is 3.76. The number of nitrogens with one attached hydrogen (secondary N) is 1. The van der Waals surface area contributed by atoms with Gasteiger partial charge in [0.2, 0.25) is 0 Å². The quantitative estimate of drug-likeness (QED) is 0.696. The van der Waals surface area contributed by atoms with Gasteiger partial charge in [-0.3, -0.25) is 4.98 Å². The Bertz CT molecular complexity index is 746. The minimum atomic E-state index is -3.66. The van der Waals surface area contributed by atoms with E-state index in [-0.39, 0.29) is 10.3 Å². The molecule has 6 heteroatoms. The molecule has 1 aromatic heterocycles. The summed E-state index contributed by atoms with van der Waals surface area (Å²) in [6.45, 7) is 6.23. The van der Waals surface area contributed by atoms with Crippen LogP contribution < -0.4 is 4.83 Å². The number of hydrogen-bond donors (Lipinski definition) is 1. The minimum absolute atomic E-state index is 0.0197. The zero-order valence-electron chi connectivity index (χ0n) is 12.8. The predicted molar refractivity (Wildman–Crippen MR) is 87.3 cm³/mol. The smallest absolute Gasteiger partial charge is 0.264 e. The molecule has 22 heavy (non-hydrogen) atoms. The van der Waals surface area contributed by atoms with E-state index in [2.05, 4.69) is 35.7 Å². The van der Waals surface area contributed by atoms with Crippen LogP contribution in [0, 0.1) is 0 Å². The van der Waals surface area contributed by atoms with Crippen molar-refractivity contribution in [1.82, 2.24) is 9.82 Å². The summed E-state index contributed by atoms with van der Waals surface area (Å²) in [5.74, 6) is 0. The lowest BCUT2D eigenvalue weighted by Gasteiger charge is -2.19. The number of hydrazone groups is 1. The minimum Gasteiger partial charge on any atom is -0.264 e. The van der Waals surface area contributed by atoms with Crippen LogP contribution in [0.3, 0.4) is 0 Å². The summed E-state index contributed by atoms with van der Waals surface area (Å²) in [6, 6.07) is 10.3. The first-order valence-electron chi connectivity index (χ1n) is 6.84. The van der Waals surface area contributed by atoms with Crippen LogP contribution in [0.15, 0.2) is 58.8 Å². The van der Waals surface area contributed by atoms with Gasteiger partial charge in [0.05, 0.1) is 11.1 Å². The van der Waals surface area contributed by atoms with Crippen molar-refractivity contribution < 1.29 is 8.42 Å². The molecule has 116 valence electrons. The predicted octanol–water partition coefficient (Wildman–Crippen LogP) is 2.69. The Labute approximate surface area is 131 Å². The van der Waals surface area contributed by atoms with Gasteiger partial charge in [0.15, 0.2) is 0 Å². The van der Waals surface area contributed by atoms with E-state index >= 15 is 0 Å². The maximum absolute atomic E-state index is 12.1. The van der Waals surface area contributed by atoms with Gasteiger partial charge in [0.25, 0.3) is 10.0 Å². The van der Waals surface area contributed by atoms with E-state index in [0.29, 0.717) is 5.56 Å². The van der Waals surface area contributed by atoms with Crippen LogP contribution in [0.5, 0.6) is 0 Å². The zero-order chi connectivity index (χ0) is 16.2. The molecule has 0 saturated heterocycles. The highest BCUT2D eigenvalue weighted by atomic mass is 32.2. The molecule has 0 atom stereocenters. The normalized spacial score (nSPS) is 12.5. The number of benzene rings is 1. The fourth-order valence-electron chi connectivity index (χ4n) is 1.81. The Hall–Kier alpha value is -2.21. The SMILES string of the molecule is CC(C)(C)c1ccc(S(=O)(=O)N/N=C/c2cccnc2)cc1. The fourth-order valence-corrected chi connectivity index (χ4v) is 2.60. The van der Waals surface area contributed by atoms with Gasteiger partial charge in [0.1, 0.15) is 0 Å². The Morgan fingerprint density at radius 3 is 2.36 bits per heavy atom. The van der Waals surface area contributed by atoms with Crippen molar-refractivity contribution in [2.24, 2.45) is 5.10 Å². The van der Waals surface area contributed by atoms with Gasteiger partial charge in [-0.05, 0) is 29.2 Å². The molecule has 0 amide bonds. The molecule has 0 unspecified atom stereocenters. The molecule has 0 aliphatic heterocycles. The van der Waals surface area contributed by atoms with Gasteiger partial charge < -0.3 is 0 Å². The molecule has 0 aliphatic rings. The summed E-state index contributed by atoms with van der Waals surface area (Å²) in [6.07, 6.45) is 4.64. The van der Waals surface area contributed by atoms with Crippen LogP contribution in [0.25, 0.3) is 0 Å². The highest BCUT2D eigenvalue weighted by molar-refractivity contribution is 7.89. The van der Waals surface area contributed by atoms with Crippen molar-refractivity contribution in [3.05, 3.63) is 59.9 Å². The van der Waals surface area contributed by atoms with Crippen molar-refractivity contribution in [2.75, 3.05) is 0 Å². The van der Waals surface area contributed by atoms with Crippen molar-refractivity contribution in [3.8, 4) is 0 Å². The first-order valence-corrected chi connectivity index (χ1v) is 8.33. The standard InChI is InChI=1S/C16H19N3O2S/c1-16(2,3)14-6-8-15(9-7-14)22(20,21)19-18-12-13-5-4-10-17-11-13/h4-12,19H,1-3H3/b18-12+. The summed E-state index contributed by atoms with van der Waals surface area (Å²) in [7, 11) is -3.66. The van der Waals surface area contributed by atoms with Gasteiger partial charge in [-0.25, -0.2) is 4.83 Å². The lowest BCUT2D eigenvalue weighted by molar-refractivity contribution is 0.580. The molecular weight excluding hydrogens is 298 g/mol. The third-order valence-corrected chi connectivity index (χ3v) is 4.34. The van der Waals surface area contributed by atoms with Crippen molar-refractivity contribution >= 4 is 16.2 Å². The lowest BCUT2D eigenvalue weighted by Crippen LogP contribution is -2.19. The van der Waals surface area contributed by atoms with Crippen LogP contribution in [0.2, 0.25) is 0 Å². The molecule has 1 heterocycles. The molecule has 1 N–H and O–H groups in total. The Morgan fingerprint density at radius 2 is 1.82 bits per heavy atom. The van der Waals surface area contributed by atoms with Crippen LogP contribution in [0.1, 0.15) is 31.9 Å². The molecule has 0 aliphatic carbocycles. The number of nitrogens with zero attached hydrogens (tertiary/aromatic N) is 2. The lowest BCUT2D eigenvalue weighted by atomic mass is 9.87. The molecule has 0 fully saturated rings. The summed E-state index contributed by atoms with van der Waals surface area (Å²) in [5.41, 5.74) is 1.77. The van der Waals surface area contributed by atoms with Crippen LogP contribution >= 0.6 is 0 Å². The van der Waals surface area contributed by atoms with E-state index < -0.39 is 10.0 Å². The zero-order valence-corrected chi connectivity index (χ0v) is 13.6. The third kappa shape index (κ3) is 4.14. The van der Waals surface area contributed by atoms with E-state index in [4.69, 9.17) is 0 Å². The Morgan fingerprint density at radius 1 is 1.14 bits per heavy atom. The fraction of sp³-hybridized carbons (Fsp3) is 0.250. The highest BCUT2D eigenvalue weighted by Gasteiger charge is 2.16. The maximum atomic E-state index is 12.1. The third-order valence-electron chi connectivity index (χ3n) is 3.10. The average molecular weight is 317 g/mol. The molecule has 5 nitrogen and oxygen atoms in total. The second-order valence-electron chi connectivity index (χ2n) is 5.91. The average Bonchev–Trinajstić information content (AvgIpc) is 2.47. The van der Waals surface area contributed by atoms with Crippen molar-refractivity contribution in [3.63, 3.8) is 0 Å². The topological polar surface area (TPSA) is 71.4 Å². The van der Waals surface area contributed by atoms with E-state index in [9.17, 15) is 8.42 Å². The van der Waals surface area contributed by atoms with Crippen molar-refractivity contribution in [2.45, 2.75) is 31.1 Å². The van der Waals surface area contributed by atoms with Crippen molar-refractivity contribution in [1.29, 1.82) is 0 Å². The van der Waals surface area contributed by atoms with Crippen LogP contribution in [0.4, 0.5) is 0 Å². The Kier molecular flexibility index (Phi) is 4.61. The summed E-state index contributed by atoms with van der Waals surface area (Å²) in [4.78, 5) is 6.30. The van der Waals surface area contributed by atoms with Gasteiger partial charge >= 0.3 is 0 Å². The van der Waals surface area contributed by atoms with Crippen LogP contribution in [-0.2, 0) is 15.4 Å². The number of rotatable bonds is 4. The highest BCUT2D eigenvalue weighted by Crippen LogP contribution is 2.23.